The highest BCUT2D eigenvalue weighted by atomic mass is 16.5. The van der Waals surface area contributed by atoms with Crippen LogP contribution in [0, 0.1) is 0 Å². The molecule has 1 heterocycles. The summed E-state index contributed by atoms with van der Waals surface area (Å²) in [7, 11) is 0. The van der Waals surface area contributed by atoms with Crippen LogP contribution in [0.2, 0.25) is 0 Å². The Morgan fingerprint density at radius 2 is 2.46 bits per heavy atom. The van der Waals surface area contributed by atoms with E-state index in [1.54, 1.807) is 18.3 Å². The molecule has 0 aliphatic heterocycles. The fraction of sp³-hybridized carbons (Fsp3) is 0.333. The maximum Gasteiger partial charge on any atom is 0.157 e. The van der Waals surface area contributed by atoms with E-state index in [0.717, 1.165) is 17.9 Å². The second-order valence-electron chi connectivity index (χ2n) is 2.97. The molecule has 13 heavy (non-hydrogen) atoms. The molecule has 2 rings (SSSR count). The molecule has 68 valence electrons. The van der Waals surface area contributed by atoms with Crippen molar-refractivity contribution in [1.82, 2.24) is 10.5 Å². The fourth-order valence-electron chi connectivity index (χ4n) is 1.27. The second kappa shape index (κ2) is 3.43. The van der Waals surface area contributed by atoms with Crippen molar-refractivity contribution in [3.05, 3.63) is 29.8 Å². The molecule has 4 heteroatoms. The summed E-state index contributed by atoms with van der Waals surface area (Å²) in [6.07, 6.45) is 4.69. The Balaban J connectivity index is 1.87. The van der Waals surface area contributed by atoms with E-state index in [9.17, 15) is 4.79 Å². The first kappa shape index (κ1) is 8.04. The topological polar surface area (TPSA) is 55.1 Å². The molecule has 0 unspecified atom stereocenters. The molecule has 0 atom stereocenters. The largest absolute Gasteiger partial charge is 0.381 e. The monoisotopic (exact) mass is 178 g/mol. The molecule has 0 radical (unpaired) electrons. The molecule has 0 amide bonds. The zero-order valence-corrected chi connectivity index (χ0v) is 7.12. The van der Waals surface area contributed by atoms with Crippen LogP contribution in [0.15, 0.2) is 28.6 Å². The van der Waals surface area contributed by atoms with Crippen LogP contribution >= 0.6 is 0 Å². The number of nitrogens with one attached hydrogen (secondary N) is 1. The quantitative estimate of drug-likeness (QED) is 0.750. The summed E-state index contributed by atoms with van der Waals surface area (Å²) in [5.41, 5.74) is 0.987. The summed E-state index contributed by atoms with van der Waals surface area (Å²) in [6, 6.07) is 1.80. The van der Waals surface area contributed by atoms with Gasteiger partial charge in [0.1, 0.15) is 0 Å². The van der Waals surface area contributed by atoms with Crippen LogP contribution < -0.4 is 5.32 Å². The molecule has 1 aromatic rings. The van der Waals surface area contributed by atoms with Crippen LogP contribution in [0.3, 0.4) is 0 Å². The van der Waals surface area contributed by atoms with Crippen molar-refractivity contribution in [2.75, 3.05) is 0 Å². The summed E-state index contributed by atoms with van der Waals surface area (Å²) in [5, 5.41) is 6.70. The van der Waals surface area contributed by atoms with Gasteiger partial charge in [0.05, 0.1) is 12.7 Å². The van der Waals surface area contributed by atoms with E-state index < -0.39 is 0 Å². The van der Waals surface area contributed by atoms with E-state index in [4.69, 9.17) is 4.52 Å². The van der Waals surface area contributed by atoms with Gasteiger partial charge in [0, 0.05) is 24.3 Å². The minimum atomic E-state index is 0.195. The highest BCUT2D eigenvalue weighted by molar-refractivity contribution is 5.92. The highest BCUT2D eigenvalue weighted by Crippen LogP contribution is 2.12. The Hall–Kier alpha value is -1.58. The third-order valence-electron chi connectivity index (χ3n) is 1.96. The molecule has 0 spiro atoms. The van der Waals surface area contributed by atoms with Gasteiger partial charge in [-0.25, -0.2) is 0 Å². The average molecular weight is 178 g/mol. The molecule has 0 aromatic carbocycles. The molecule has 0 saturated carbocycles. The number of carbonyl (C=O) groups is 1. The predicted molar refractivity (Wildman–Crippen MR) is 45.7 cm³/mol. The number of hydrogen-bond donors (Lipinski definition) is 1. The van der Waals surface area contributed by atoms with Crippen LogP contribution in [0.25, 0.3) is 0 Å². The lowest BCUT2D eigenvalue weighted by Crippen LogP contribution is -2.10. The number of carbonyl (C=O) groups excluding carboxylic acids is 1. The van der Waals surface area contributed by atoms with Crippen molar-refractivity contribution >= 4 is 5.78 Å². The van der Waals surface area contributed by atoms with E-state index >= 15 is 0 Å². The summed E-state index contributed by atoms with van der Waals surface area (Å²) in [6.45, 7) is 0.596. The smallest absolute Gasteiger partial charge is 0.157 e. The highest BCUT2D eigenvalue weighted by Gasteiger charge is 2.11. The van der Waals surface area contributed by atoms with E-state index in [1.165, 1.54) is 0 Å². The van der Waals surface area contributed by atoms with Crippen molar-refractivity contribution in [2.45, 2.75) is 19.4 Å². The normalized spacial score (nSPS) is 16.0. The summed E-state index contributed by atoms with van der Waals surface area (Å²) in [5.74, 6) is 0.973. The number of nitrogens with zero attached hydrogens (tertiary/aromatic N) is 1. The van der Waals surface area contributed by atoms with Gasteiger partial charge in [-0.2, -0.15) is 0 Å². The van der Waals surface area contributed by atoms with E-state index in [-0.39, 0.29) is 5.78 Å². The molecular formula is C9H10N2O2. The molecule has 1 aliphatic rings. The molecule has 1 aromatic heterocycles. The Morgan fingerprint density at radius 1 is 1.54 bits per heavy atom. The van der Waals surface area contributed by atoms with Crippen molar-refractivity contribution < 1.29 is 9.32 Å². The summed E-state index contributed by atoms with van der Waals surface area (Å²) >= 11 is 0. The SMILES string of the molecule is O=C1C=C(NCc2ccno2)CC1. The van der Waals surface area contributed by atoms with Gasteiger partial charge >= 0.3 is 0 Å². The molecule has 0 saturated heterocycles. The van der Waals surface area contributed by atoms with Crippen LogP contribution in [0.4, 0.5) is 0 Å². The van der Waals surface area contributed by atoms with Gasteiger partial charge in [0.2, 0.25) is 0 Å². The van der Waals surface area contributed by atoms with Gasteiger partial charge < -0.3 is 9.84 Å². The standard InChI is InChI=1S/C9H10N2O2/c12-8-2-1-7(5-8)10-6-9-3-4-11-13-9/h3-5,10H,1-2,6H2. The van der Waals surface area contributed by atoms with Gasteiger partial charge in [-0.1, -0.05) is 5.16 Å². The lowest BCUT2D eigenvalue weighted by atomic mass is 10.3. The molecule has 1 aliphatic carbocycles. The second-order valence-corrected chi connectivity index (χ2v) is 2.97. The number of allylic oxidation sites excluding steroid dienone is 2. The first-order chi connectivity index (χ1) is 6.34. The summed E-state index contributed by atoms with van der Waals surface area (Å²) < 4.78 is 4.90. The van der Waals surface area contributed by atoms with Crippen molar-refractivity contribution in [2.24, 2.45) is 0 Å². The van der Waals surface area contributed by atoms with Gasteiger partial charge in [-0.05, 0) is 6.42 Å². The van der Waals surface area contributed by atoms with E-state index in [0.29, 0.717) is 13.0 Å². The zero-order valence-electron chi connectivity index (χ0n) is 7.12. The molecule has 0 bridgehead atoms. The van der Waals surface area contributed by atoms with Gasteiger partial charge in [-0.15, -0.1) is 0 Å². The zero-order chi connectivity index (χ0) is 9.10. The number of ketones is 1. The third kappa shape index (κ3) is 1.96. The Kier molecular flexibility index (Phi) is 2.12. The molecule has 1 N–H and O–H groups in total. The minimum Gasteiger partial charge on any atom is -0.381 e. The molecule has 0 fully saturated rings. The van der Waals surface area contributed by atoms with E-state index in [1.807, 2.05) is 0 Å². The molecular weight excluding hydrogens is 168 g/mol. The van der Waals surface area contributed by atoms with E-state index in [2.05, 4.69) is 10.5 Å². The fourth-order valence-corrected chi connectivity index (χ4v) is 1.27. The Bertz CT molecular complexity index is 327. The Labute approximate surface area is 75.6 Å². The maximum absolute atomic E-state index is 10.9. The third-order valence-corrected chi connectivity index (χ3v) is 1.96. The molecule has 4 nitrogen and oxygen atoms in total. The maximum atomic E-state index is 10.9. The van der Waals surface area contributed by atoms with Crippen molar-refractivity contribution in [1.29, 1.82) is 0 Å². The van der Waals surface area contributed by atoms with Crippen LogP contribution in [0.5, 0.6) is 0 Å². The van der Waals surface area contributed by atoms with Crippen molar-refractivity contribution in [3.63, 3.8) is 0 Å². The van der Waals surface area contributed by atoms with Crippen LogP contribution in [-0.4, -0.2) is 10.9 Å². The summed E-state index contributed by atoms with van der Waals surface area (Å²) in [4.78, 5) is 10.9. The first-order valence-electron chi connectivity index (χ1n) is 4.21. The van der Waals surface area contributed by atoms with Gasteiger partial charge in [0.25, 0.3) is 0 Å². The van der Waals surface area contributed by atoms with Gasteiger partial charge in [-0.3, -0.25) is 4.79 Å². The number of hydrogen-bond acceptors (Lipinski definition) is 4. The van der Waals surface area contributed by atoms with Crippen LogP contribution in [0.1, 0.15) is 18.6 Å². The predicted octanol–water partition coefficient (Wildman–Crippen LogP) is 1.01. The minimum absolute atomic E-state index is 0.195. The average Bonchev–Trinajstić information content (AvgIpc) is 2.71. The number of rotatable bonds is 3. The number of aromatic nitrogens is 1. The lowest BCUT2D eigenvalue weighted by Gasteiger charge is -2.02. The first-order valence-corrected chi connectivity index (χ1v) is 4.21. The van der Waals surface area contributed by atoms with Gasteiger partial charge in [0.15, 0.2) is 11.5 Å². The lowest BCUT2D eigenvalue weighted by molar-refractivity contribution is -0.114. The van der Waals surface area contributed by atoms with Crippen LogP contribution in [-0.2, 0) is 11.3 Å². The Morgan fingerprint density at radius 3 is 3.08 bits per heavy atom. The van der Waals surface area contributed by atoms with Crippen molar-refractivity contribution in [3.8, 4) is 0 Å².